The van der Waals surface area contributed by atoms with Gasteiger partial charge >= 0.3 is 0 Å². The molecule has 1 heterocycles. The Kier molecular flexibility index (Phi) is 4.08. The first-order chi connectivity index (χ1) is 9.96. The standard InChI is InChI=1S/C16H19ClO4/c1-16(2)20-14-11(17)8-12(13(18)15(14)21-16)19-9-10-6-4-3-5-7-10/h3-8,12-15,18H,9H2,1-2H3/t12-,13+,14+,15-/m0/s1. The molecular formula is C16H19ClO4. The molecule has 1 aromatic rings. The third-order valence-corrected chi connectivity index (χ3v) is 4.02. The van der Waals surface area contributed by atoms with E-state index in [9.17, 15) is 5.11 Å². The van der Waals surface area contributed by atoms with E-state index < -0.39 is 30.2 Å². The van der Waals surface area contributed by atoms with Crippen LogP contribution in [0.2, 0.25) is 0 Å². The number of aliphatic hydroxyl groups excluding tert-OH is 1. The van der Waals surface area contributed by atoms with Crippen LogP contribution in [-0.2, 0) is 20.8 Å². The lowest BCUT2D eigenvalue weighted by molar-refractivity contribution is -0.161. The second-order valence-electron chi connectivity index (χ2n) is 5.82. The third-order valence-electron chi connectivity index (χ3n) is 3.68. The summed E-state index contributed by atoms with van der Waals surface area (Å²) in [5.74, 6) is -0.751. The van der Waals surface area contributed by atoms with Crippen LogP contribution in [0.4, 0.5) is 0 Å². The average Bonchev–Trinajstić information content (AvgIpc) is 2.79. The molecule has 114 valence electrons. The van der Waals surface area contributed by atoms with Crippen LogP contribution < -0.4 is 0 Å². The number of rotatable bonds is 3. The summed E-state index contributed by atoms with van der Waals surface area (Å²) in [5, 5.41) is 11.0. The normalized spacial score (nSPS) is 34.4. The predicted molar refractivity (Wildman–Crippen MR) is 78.8 cm³/mol. The summed E-state index contributed by atoms with van der Waals surface area (Å²) in [6, 6.07) is 9.80. The topological polar surface area (TPSA) is 47.9 Å². The molecule has 1 aliphatic carbocycles. The molecule has 0 unspecified atom stereocenters. The zero-order valence-electron chi connectivity index (χ0n) is 12.0. The Labute approximate surface area is 129 Å². The molecule has 5 heteroatoms. The highest BCUT2D eigenvalue weighted by Gasteiger charge is 2.50. The molecule has 21 heavy (non-hydrogen) atoms. The minimum atomic E-state index is -0.803. The van der Waals surface area contributed by atoms with Gasteiger partial charge in [0.05, 0.1) is 6.61 Å². The summed E-state index contributed by atoms with van der Waals surface area (Å²) in [4.78, 5) is 0. The maximum atomic E-state index is 10.4. The fourth-order valence-corrected chi connectivity index (χ4v) is 3.00. The van der Waals surface area contributed by atoms with Gasteiger partial charge in [-0.3, -0.25) is 0 Å². The molecular weight excluding hydrogens is 292 g/mol. The number of hydrogen-bond acceptors (Lipinski definition) is 4. The Hall–Kier alpha value is -0.910. The van der Waals surface area contributed by atoms with Crippen LogP contribution in [0.5, 0.6) is 0 Å². The SMILES string of the molecule is CC1(C)O[C@H]2[C@H](O)[C@@H](OCc3ccccc3)C=C(Cl)[C@H]2O1. The molecule has 0 amide bonds. The van der Waals surface area contributed by atoms with Crippen molar-refractivity contribution < 1.29 is 19.3 Å². The molecule has 1 fully saturated rings. The minimum Gasteiger partial charge on any atom is -0.387 e. The molecule has 1 aromatic carbocycles. The Morgan fingerprint density at radius 1 is 1.24 bits per heavy atom. The van der Waals surface area contributed by atoms with Crippen molar-refractivity contribution in [2.24, 2.45) is 0 Å². The quantitative estimate of drug-likeness (QED) is 0.932. The Bertz CT molecular complexity index is 528. The van der Waals surface area contributed by atoms with Gasteiger partial charge in [-0.05, 0) is 25.5 Å². The summed E-state index contributed by atoms with van der Waals surface area (Å²) < 4.78 is 17.2. The van der Waals surface area contributed by atoms with Crippen LogP contribution in [-0.4, -0.2) is 35.3 Å². The average molecular weight is 311 g/mol. The first-order valence-corrected chi connectivity index (χ1v) is 7.40. The molecule has 4 nitrogen and oxygen atoms in total. The number of hydrogen-bond donors (Lipinski definition) is 1. The Balaban J connectivity index is 1.70. The fraction of sp³-hybridized carbons (Fsp3) is 0.500. The molecule has 0 aromatic heterocycles. The summed E-state index contributed by atoms with van der Waals surface area (Å²) in [6.07, 6.45) is -0.521. The predicted octanol–water partition coefficient (Wildman–Crippen LogP) is 2.59. The van der Waals surface area contributed by atoms with E-state index in [1.54, 1.807) is 6.08 Å². The van der Waals surface area contributed by atoms with Crippen molar-refractivity contribution in [1.29, 1.82) is 0 Å². The molecule has 0 bridgehead atoms. The van der Waals surface area contributed by atoms with Crippen molar-refractivity contribution in [2.75, 3.05) is 0 Å². The zero-order chi connectivity index (χ0) is 15.0. The van der Waals surface area contributed by atoms with E-state index in [1.165, 1.54) is 0 Å². The van der Waals surface area contributed by atoms with Crippen LogP contribution in [0.15, 0.2) is 41.4 Å². The first-order valence-electron chi connectivity index (χ1n) is 7.03. The maximum Gasteiger partial charge on any atom is 0.164 e. The highest BCUT2D eigenvalue weighted by atomic mass is 35.5. The number of ether oxygens (including phenoxy) is 3. The lowest BCUT2D eigenvalue weighted by atomic mass is 9.96. The maximum absolute atomic E-state index is 10.4. The molecule has 4 atom stereocenters. The highest BCUT2D eigenvalue weighted by molar-refractivity contribution is 6.30. The van der Waals surface area contributed by atoms with Gasteiger partial charge in [-0.15, -0.1) is 0 Å². The molecule has 3 rings (SSSR count). The van der Waals surface area contributed by atoms with E-state index in [0.29, 0.717) is 11.6 Å². The van der Waals surface area contributed by atoms with Gasteiger partial charge in [0.15, 0.2) is 5.79 Å². The molecule has 2 aliphatic rings. The van der Waals surface area contributed by atoms with Crippen molar-refractivity contribution in [2.45, 2.75) is 50.7 Å². The smallest absolute Gasteiger partial charge is 0.164 e. The molecule has 1 aliphatic heterocycles. The Morgan fingerprint density at radius 2 is 1.95 bits per heavy atom. The van der Waals surface area contributed by atoms with Crippen LogP contribution in [0.25, 0.3) is 0 Å². The fourth-order valence-electron chi connectivity index (χ4n) is 2.70. The van der Waals surface area contributed by atoms with Crippen LogP contribution in [0, 0.1) is 0 Å². The van der Waals surface area contributed by atoms with Crippen molar-refractivity contribution in [3.63, 3.8) is 0 Å². The van der Waals surface area contributed by atoms with Gasteiger partial charge in [0.25, 0.3) is 0 Å². The second-order valence-corrected chi connectivity index (χ2v) is 6.26. The van der Waals surface area contributed by atoms with Gasteiger partial charge in [0.2, 0.25) is 0 Å². The third kappa shape index (κ3) is 3.15. The number of benzene rings is 1. The van der Waals surface area contributed by atoms with E-state index in [4.69, 9.17) is 25.8 Å². The van der Waals surface area contributed by atoms with Gasteiger partial charge in [0.1, 0.15) is 24.4 Å². The van der Waals surface area contributed by atoms with E-state index in [2.05, 4.69) is 0 Å². The summed E-state index contributed by atoms with van der Waals surface area (Å²) >= 11 is 6.25. The lowest BCUT2D eigenvalue weighted by Gasteiger charge is -2.32. The molecule has 0 saturated carbocycles. The van der Waals surface area contributed by atoms with Crippen molar-refractivity contribution >= 4 is 11.6 Å². The second kappa shape index (κ2) is 5.71. The van der Waals surface area contributed by atoms with Crippen LogP contribution in [0.3, 0.4) is 0 Å². The molecule has 0 spiro atoms. The lowest BCUT2D eigenvalue weighted by Crippen LogP contribution is -2.47. The van der Waals surface area contributed by atoms with Gasteiger partial charge < -0.3 is 19.3 Å². The number of fused-ring (bicyclic) bond motifs is 1. The van der Waals surface area contributed by atoms with Gasteiger partial charge in [-0.25, -0.2) is 0 Å². The van der Waals surface area contributed by atoms with Crippen molar-refractivity contribution in [3.8, 4) is 0 Å². The zero-order valence-corrected chi connectivity index (χ0v) is 12.8. The summed E-state index contributed by atoms with van der Waals surface area (Å²) in [7, 11) is 0. The van der Waals surface area contributed by atoms with Gasteiger partial charge in [0, 0.05) is 5.03 Å². The van der Waals surface area contributed by atoms with Gasteiger partial charge in [-0.2, -0.15) is 0 Å². The largest absolute Gasteiger partial charge is 0.387 e. The van der Waals surface area contributed by atoms with Crippen molar-refractivity contribution in [3.05, 3.63) is 47.0 Å². The molecule has 1 saturated heterocycles. The van der Waals surface area contributed by atoms with E-state index >= 15 is 0 Å². The highest BCUT2D eigenvalue weighted by Crippen LogP contribution is 2.39. The van der Waals surface area contributed by atoms with Crippen molar-refractivity contribution in [1.82, 2.24) is 0 Å². The van der Waals surface area contributed by atoms with Crippen LogP contribution >= 0.6 is 11.6 Å². The Morgan fingerprint density at radius 3 is 2.67 bits per heavy atom. The van der Waals surface area contributed by atoms with E-state index in [1.807, 2.05) is 44.2 Å². The molecule has 1 N–H and O–H groups in total. The first kappa shape index (κ1) is 15.0. The monoisotopic (exact) mass is 310 g/mol. The summed E-state index contributed by atoms with van der Waals surface area (Å²) in [6.45, 7) is 4.02. The number of halogens is 1. The van der Waals surface area contributed by atoms with E-state index in [-0.39, 0.29) is 0 Å². The number of aliphatic hydroxyl groups is 1. The van der Waals surface area contributed by atoms with Crippen LogP contribution in [0.1, 0.15) is 19.4 Å². The minimum absolute atomic E-state index is 0.408. The summed E-state index contributed by atoms with van der Waals surface area (Å²) in [5.41, 5.74) is 1.04. The molecule has 0 radical (unpaired) electrons. The van der Waals surface area contributed by atoms with E-state index in [0.717, 1.165) is 5.56 Å². The van der Waals surface area contributed by atoms with Gasteiger partial charge in [-0.1, -0.05) is 41.9 Å².